The van der Waals surface area contributed by atoms with E-state index in [1.54, 1.807) is 0 Å². The fourth-order valence-electron chi connectivity index (χ4n) is 1.63. The highest BCUT2D eigenvalue weighted by Crippen LogP contribution is 2.26. The average molecular weight is 318 g/mol. The summed E-state index contributed by atoms with van der Waals surface area (Å²) in [6, 6.07) is 6.05. The second-order valence-electron chi connectivity index (χ2n) is 5.13. The van der Waals surface area contributed by atoms with Gasteiger partial charge < -0.3 is 10.6 Å². The van der Waals surface area contributed by atoms with Gasteiger partial charge in [0.2, 0.25) is 0 Å². The van der Waals surface area contributed by atoms with Crippen LogP contribution in [0.3, 0.4) is 0 Å². The van der Waals surface area contributed by atoms with Crippen molar-refractivity contribution >= 4 is 34.0 Å². The molecule has 0 unspecified atom stereocenters. The van der Waals surface area contributed by atoms with Gasteiger partial charge in [0.15, 0.2) is 0 Å². The summed E-state index contributed by atoms with van der Waals surface area (Å²) in [6.45, 7) is 7.77. The summed E-state index contributed by atoms with van der Waals surface area (Å²) >= 11 is 2.33. The minimum Gasteiger partial charge on any atom is -0.399 e. The van der Waals surface area contributed by atoms with E-state index in [1.165, 1.54) is 9.26 Å². The van der Waals surface area contributed by atoms with Crippen molar-refractivity contribution in [2.24, 2.45) is 5.41 Å². The first-order valence-electron chi connectivity index (χ1n) is 5.06. The van der Waals surface area contributed by atoms with Gasteiger partial charge in [0.1, 0.15) is 0 Å². The normalized spacial score (nSPS) is 11.5. The fourth-order valence-corrected chi connectivity index (χ4v) is 2.58. The van der Waals surface area contributed by atoms with Gasteiger partial charge in [-0.3, -0.25) is 0 Å². The number of hydrogen-bond donors (Lipinski definition) is 1. The van der Waals surface area contributed by atoms with Crippen molar-refractivity contribution in [3.63, 3.8) is 0 Å². The Hall–Kier alpha value is -0.450. The van der Waals surface area contributed by atoms with Gasteiger partial charge >= 0.3 is 0 Å². The molecule has 0 saturated heterocycles. The lowest BCUT2D eigenvalue weighted by molar-refractivity contribution is 0.419. The van der Waals surface area contributed by atoms with Gasteiger partial charge in [-0.05, 0) is 46.2 Å². The summed E-state index contributed by atoms with van der Waals surface area (Å²) in [7, 11) is 2.12. The first kappa shape index (κ1) is 12.6. The number of rotatable bonds is 2. The number of nitrogens with zero attached hydrogens (tertiary/aromatic N) is 1. The van der Waals surface area contributed by atoms with Crippen molar-refractivity contribution in [3.8, 4) is 0 Å². The molecule has 2 nitrogen and oxygen atoms in total. The van der Waals surface area contributed by atoms with Gasteiger partial charge in [0, 0.05) is 22.8 Å². The van der Waals surface area contributed by atoms with Crippen LogP contribution in [0.2, 0.25) is 0 Å². The molecule has 0 aromatic heterocycles. The molecule has 0 spiro atoms. The first-order chi connectivity index (χ1) is 6.79. The Balaban J connectivity index is 2.87. The molecule has 15 heavy (non-hydrogen) atoms. The topological polar surface area (TPSA) is 29.3 Å². The molecule has 84 valence electrons. The van der Waals surface area contributed by atoms with E-state index >= 15 is 0 Å². The van der Waals surface area contributed by atoms with Crippen molar-refractivity contribution in [3.05, 3.63) is 21.8 Å². The number of nitrogens with two attached hydrogens (primary N) is 1. The molecular formula is C12H19IN2. The second kappa shape index (κ2) is 4.60. The quantitative estimate of drug-likeness (QED) is 0.669. The van der Waals surface area contributed by atoms with Crippen molar-refractivity contribution < 1.29 is 0 Å². The monoisotopic (exact) mass is 318 g/mol. The molecule has 3 heteroatoms. The van der Waals surface area contributed by atoms with E-state index in [0.29, 0.717) is 5.41 Å². The summed E-state index contributed by atoms with van der Waals surface area (Å²) < 4.78 is 1.21. The van der Waals surface area contributed by atoms with Crippen molar-refractivity contribution in [2.45, 2.75) is 20.8 Å². The van der Waals surface area contributed by atoms with E-state index in [0.717, 1.165) is 12.2 Å². The zero-order valence-electron chi connectivity index (χ0n) is 9.84. The third-order valence-corrected chi connectivity index (χ3v) is 2.96. The minimum absolute atomic E-state index is 0.305. The predicted octanol–water partition coefficient (Wildman–Crippen LogP) is 3.36. The van der Waals surface area contributed by atoms with E-state index in [2.05, 4.69) is 61.4 Å². The number of nitrogen functional groups attached to an aromatic ring is 1. The smallest absolute Gasteiger partial charge is 0.0501 e. The number of anilines is 2. The first-order valence-corrected chi connectivity index (χ1v) is 6.14. The van der Waals surface area contributed by atoms with Crippen LogP contribution in [-0.2, 0) is 0 Å². The lowest BCUT2D eigenvalue weighted by Crippen LogP contribution is -2.29. The van der Waals surface area contributed by atoms with Crippen LogP contribution in [0.25, 0.3) is 0 Å². The summed E-state index contributed by atoms with van der Waals surface area (Å²) in [5.74, 6) is 0. The summed E-state index contributed by atoms with van der Waals surface area (Å²) in [5.41, 5.74) is 8.11. The summed E-state index contributed by atoms with van der Waals surface area (Å²) in [5, 5.41) is 0. The van der Waals surface area contributed by atoms with E-state index in [1.807, 2.05) is 12.1 Å². The van der Waals surface area contributed by atoms with E-state index < -0.39 is 0 Å². The van der Waals surface area contributed by atoms with Gasteiger partial charge in [-0.2, -0.15) is 0 Å². The fraction of sp³-hybridized carbons (Fsp3) is 0.500. The Kier molecular flexibility index (Phi) is 3.87. The Labute approximate surface area is 106 Å². The SMILES string of the molecule is CN(CC(C)(C)C)c1ccc(N)cc1I. The molecule has 0 amide bonds. The Morgan fingerprint density at radius 3 is 2.40 bits per heavy atom. The van der Waals surface area contributed by atoms with Gasteiger partial charge in [0.25, 0.3) is 0 Å². The van der Waals surface area contributed by atoms with Crippen LogP contribution in [0.5, 0.6) is 0 Å². The van der Waals surface area contributed by atoms with Crippen LogP contribution in [0.4, 0.5) is 11.4 Å². The zero-order valence-corrected chi connectivity index (χ0v) is 12.0. The molecule has 0 atom stereocenters. The van der Waals surface area contributed by atoms with E-state index in [-0.39, 0.29) is 0 Å². The number of hydrogen-bond acceptors (Lipinski definition) is 2. The highest BCUT2D eigenvalue weighted by molar-refractivity contribution is 14.1. The molecule has 1 rings (SSSR count). The van der Waals surface area contributed by atoms with Crippen LogP contribution in [-0.4, -0.2) is 13.6 Å². The Morgan fingerprint density at radius 2 is 1.93 bits per heavy atom. The zero-order chi connectivity index (χ0) is 11.6. The van der Waals surface area contributed by atoms with Crippen molar-refractivity contribution in [1.82, 2.24) is 0 Å². The molecule has 1 aromatic rings. The maximum Gasteiger partial charge on any atom is 0.0501 e. The summed E-state index contributed by atoms with van der Waals surface area (Å²) in [4.78, 5) is 2.28. The number of halogens is 1. The Bertz CT molecular complexity index is 342. The molecule has 0 radical (unpaired) electrons. The van der Waals surface area contributed by atoms with Gasteiger partial charge in [-0.1, -0.05) is 20.8 Å². The van der Waals surface area contributed by atoms with Crippen LogP contribution < -0.4 is 10.6 Å². The molecule has 1 aromatic carbocycles. The second-order valence-corrected chi connectivity index (χ2v) is 6.29. The highest BCUT2D eigenvalue weighted by atomic mass is 127. The van der Waals surface area contributed by atoms with Crippen LogP contribution in [0, 0.1) is 8.99 Å². The van der Waals surface area contributed by atoms with Gasteiger partial charge in [0.05, 0.1) is 5.69 Å². The summed E-state index contributed by atoms with van der Waals surface area (Å²) in [6.07, 6.45) is 0. The molecule has 0 saturated carbocycles. The lowest BCUT2D eigenvalue weighted by atomic mass is 9.96. The molecular weight excluding hydrogens is 299 g/mol. The van der Waals surface area contributed by atoms with E-state index in [4.69, 9.17) is 5.73 Å². The standard InChI is InChI=1S/C12H19IN2/c1-12(2,3)8-15(4)11-6-5-9(14)7-10(11)13/h5-7H,8,14H2,1-4H3. The molecule has 0 aliphatic heterocycles. The van der Waals surface area contributed by atoms with Crippen molar-refractivity contribution in [2.75, 3.05) is 24.2 Å². The van der Waals surface area contributed by atoms with Crippen LogP contribution in [0.1, 0.15) is 20.8 Å². The largest absolute Gasteiger partial charge is 0.399 e. The molecule has 0 fully saturated rings. The molecule has 0 aliphatic carbocycles. The molecule has 2 N–H and O–H groups in total. The maximum absolute atomic E-state index is 5.73. The Morgan fingerprint density at radius 1 is 1.33 bits per heavy atom. The van der Waals surface area contributed by atoms with Gasteiger partial charge in [-0.15, -0.1) is 0 Å². The van der Waals surface area contributed by atoms with E-state index in [9.17, 15) is 0 Å². The molecule has 0 bridgehead atoms. The molecule has 0 aliphatic rings. The third kappa shape index (κ3) is 3.89. The lowest BCUT2D eigenvalue weighted by Gasteiger charge is -2.29. The molecule has 0 heterocycles. The number of benzene rings is 1. The van der Waals surface area contributed by atoms with Crippen molar-refractivity contribution in [1.29, 1.82) is 0 Å². The predicted molar refractivity (Wildman–Crippen MR) is 76.3 cm³/mol. The van der Waals surface area contributed by atoms with Gasteiger partial charge in [-0.25, -0.2) is 0 Å². The highest BCUT2D eigenvalue weighted by Gasteiger charge is 2.15. The average Bonchev–Trinajstić information content (AvgIpc) is 1.99. The van der Waals surface area contributed by atoms with Crippen LogP contribution >= 0.6 is 22.6 Å². The van der Waals surface area contributed by atoms with Crippen LogP contribution in [0.15, 0.2) is 18.2 Å². The minimum atomic E-state index is 0.305. The third-order valence-electron chi connectivity index (χ3n) is 2.09. The maximum atomic E-state index is 5.73.